The lowest BCUT2D eigenvalue weighted by Crippen LogP contribution is -2.39. The first-order valence-corrected chi connectivity index (χ1v) is 10.7. The fourth-order valence-electron chi connectivity index (χ4n) is 3.94. The number of likely N-dealkylation sites (tertiary alicyclic amines) is 1. The number of anilines is 2. The van der Waals surface area contributed by atoms with E-state index in [9.17, 15) is 9.59 Å². The second kappa shape index (κ2) is 10.2. The number of hydrogen-bond acceptors (Lipinski definition) is 5. The zero-order chi connectivity index (χ0) is 21.5. The number of para-hydroxylation sites is 1. The molecule has 1 aromatic carbocycles. The Labute approximate surface area is 178 Å². The standard InChI is InChI=1S/C23H31N5O2/c1-3-13-27(4-2)21-12-11-17(15-25-21)23(30)26-19-9-6-5-8-18(19)16-28-14-7-10-20(28)22(24)29/h5-6,8-9,11-12,15,20H,3-4,7,10,13-14,16H2,1-2H3,(H2,24,29)(H,26,30). The van der Waals surface area contributed by atoms with Crippen LogP contribution in [0, 0.1) is 0 Å². The number of carbonyl (C=O) groups excluding carboxylic acids is 2. The van der Waals surface area contributed by atoms with Crippen molar-refractivity contribution in [1.29, 1.82) is 0 Å². The lowest BCUT2D eigenvalue weighted by atomic mass is 10.1. The number of nitrogens with two attached hydrogens (primary N) is 1. The highest BCUT2D eigenvalue weighted by Gasteiger charge is 2.29. The van der Waals surface area contributed by atoms with Gasteiger partial charge in [-0.05, 0) is 56.5 Å². The molecule has 160 valence electrons. The van der Waals surface area contributed by atoms with Crippen LogP contribution in [-0.4, -0.2) is 47.4 Å². The molecule has 1 saturated heterocycles. The van der Waals surface area contributed by atoms with Crippen molar-refractivity contribution in [3.8, 4) is 0 Å². The van der Waals surface area contributed by atoms with Crippen LogP contribution in [0.2, 0.25) is 0 Å². The van der Waals surface area contributed by atoms with E-state index in [0.29, 0.717) is 12.1 Å². The summed E-state index contributed by atoms with van der Waals surface area (Å²) in [5.41, 5.74) is 7.75. The van der Waals surface area contributed by atoms with Crippen LogP contribution in [0.3, 0.4) is 0 Å². The Bertz CT molecular complexity index is 868. The Morgan fingerprint density at radius 1 is 1.23 bits per heavy atom. The van der Waals surface area contributed by atoms with Crippen LogP contribution in [0.15, 0.2) is 42.6 Å². The molecule has 0 saturated carbocycles. The molecule has 1 unspecified atom stereocenters. The van der Waals surface area contributed by atoms with Gasteiger partial charge in [0.1, 0.15) is 5.82 Å². The molecule has 0 radical (unpaired) electrons. The largest absolute Gasteiger partial charge is 0.368 e. The van der Waals surface area contributed by atoms with Gasteiger partial charge in [0.25, 0.3) is 5.91 Å². The van der Waals surface area contributed by atoms with Gasteiger partial charge in [-0.2, -0.15) is 0 Å². The first-order chi connectivity index (χ1) is 14.5. The third-order valence-electron chi connectivity index (χ3n) is 5.54. The summed E-state index contributed by atoms with van der Waals surface area (Å²) < 4.78 is 0. The Hall–Kier alpha value is -2.93. The Morgan fingerprint density at radius 2 is 2.03 bits per heavy atom. The van der Waals surface area contributed by atoms with E-state index in [1.165, 1.54) is 0 Å². The quantitative estimate of drug-likeness (QED) is 0.664. The van der Waals surface area contributed by atoms with Gasteiger partial charge in [0.05, 0.1) is 11.6 Å². The molecule has 7 heteroatoms. The molecule has 7 nitrogen and oxygen atoms in total. The summed E-state index contributed by atoms with van der Waals surface area (Å²) in [6, 6.07) is 11.1. The third kappa shape index (κ3) is 5.16. The molecule has 1 aromatic heterocycles. The van der Waals surface area contributed by atoms with Crippen molar-refractivity contribution in [2.75, 3.05) is 29.9 Å². The summed E-state index contributed by atoms with van der Waals surface area (Å²) in [6.07, 6.45) is 4.40. The first-order valence-electron chi connectivity index (χ1n) is 10.7. The smallest absolute Gasteiger partial charge is 0.257 e. The molecule has 1 fully saturated rings. The molecule has 0 spiro atoms. The normalized spacial score (nSPS) is 16.4. The SMILES string of the molecule is CCCN(CC)c1ccc(C(=O)Nc2ccccc2CN2CCCC2C(N)=O)cn1. The zero-order valence-electron chi connectivity index (χ0n) is 17.8. The number of primary amides is 1. The highest BCUT2D eigenvalue weighted by atomic mass is 16.2. The van der Waals surface area contributed by atoms with E-state index in [-0.39, 0.29) is 17.9 Å². The molecule has 1 aliphatic rings. The Morgan fingerprint density at radius 3 is 2.70 bits per heavy atom. The monoisotopic (exact) mass is 409 g/mol. The second-order valence-electron chi connectivity index (χ2n) is 7.63. The summed E-state index contributed by atoms with van der Waals surface area (Å²) in [5, 5.41) is 3.00. The van der Waals surface area contributed by atoms with E-state index in [1.807, 2.05) is 36.4 Å². The molecule has 2 amide bonds. The van der Waals surface area contributed by atoms with Crippen LogP contribution in [0.25, 0.3) is 0 Å². The number of carbonyl (C=O) groups is 2. The lowest BCUT2D eigenvalue weighted by Gasteiger charge is -2.23. The van der Waals surface area contributed by atoms with Gasteiger partial charge >= 0.3 is 0 Å². The van der Waals surface area contributed by atoms with Crippen molar-refractivity contribution in [1.82, 2.24) is 9.88 Å². The minimum absolute atomic E-state index is 0.201. The Kier molecular flexibility index (Phi) is 7.41. The van der Waals surface area contributed by atoms with Crippen molar-refractivity contribution in [3.05, 3.63) is 53.7 Å². The lowest BCUT2D eigenvalue weighted by molar-refractivity contribution is -0.122. The summed E-state index contributed by atoms with van der Waals surface area (Å²) in [4.78, 5) is 33.2. The summed E-state index contributed by atoms with van der Waals surface area (Å²) in [6.45, 7) is 7.44. The van der Waals surface area contributed by atoms with Crippen molar-refractivity contribution in [3.63, 3.8) is 0 Å². The van der Waals surface area contributed by atoms with Gasteiger partial charge in [-0.1, -0.05) is 25.1 Å². The molecule has 1 atom stereocenters. The molecule has 2 heterocycles. The van der Waals surface area contributed by atoms with E-state index < -0.39 is 0 Å². The van der Waals surface area contributed by atoms with Gasteiger partial charge in [0.15, 0.2) is 0 Å². The highest BCUT2D eigenvalue weighted by molar-refractivity contribution is 6.04. The molecule has 3 rings (SSSR count). The number of benzene rings is 1. The molecule has 30 heavy (non-hydrogen) atoms. The number of aromatic nitrogens is 1. The maximum absolute atomic E-state index is 12.8. The van der Waals surface area contributed by atoms with Crippen LogP contribution < -0.4 is 16.0 Å². The molecule has 0 aliphatic carbocycles. The maximum atomic E-state index is 12.8. The van der Waals surface area contributed by atoms with Gasteiger partial charge in [0.2, 0.25) is 5.91 Å². The number of hydrogen-bond donors (Lipinski definition) is 2. The summed E-state index contributed by atoms with van der Waals surface area (Å²) >= 11 is 0. The molecular formula is C23H31N5O2. The predicted molar refractivity (Wildman–Crippen MR) is 119 cm³/mol. The van der Waals surface area contributed by atoms with Crippen LogP contribution in [0.1, 0.15) is 49.0 Å². The van der Waals surface area contributed by atoms with Crippen molar-refractivity contribution < 1.29 is 9.59 Å². The minimum atomic E-state index is -0.288. The highest BCUT2D eigenvalue weighted by Crippen LogP contribution is 2.24. The van der Waals surface area contributed by atoms with Crippen molar-refractivity contribution in [2.24, 2.45) is 5.73 Å². The predicted octanol–water partition coefficient (Wildman–Crippen LogP) is 3.02. The van der Waals surface area contributed by atoms with Crippen molar-refractivity contribution >= 4 is 23.3 Å². The molecule has 3 N–H and O–H groups in total. The number of pyridine rings is 1. The van der Waals surface area contributed by atoms with E-state index in [4.69, 9.17) is 5.73 Å². The molecule has 0 bridgehead atoms. The van der Waals surface area contributed by atoms with Crippen molar-refractivity contribution in [2.45, 2.75) is 45.7 Å². The molecular weight excluding hydrogens is 378 g/mol. The molecule has 2 aromatic rings. The molecule has 1 aliphatic heterocycles. The minimum Gasteiger partial charge on any atom is -0.368 e. The fraction of sp³-hybridized carbons (Fsp3) is 0.435. The van der Waals surface area contributed by atoms with Gasteiger partial charge in [-0.25, -0.2) is 4.98 Å². The topological polar surface area (TPSA) is 91.6 Å². The van der Waals surface area contributed by atoms with Gasteiger partial charge < -0.3 is 16.0 Å². The number of rotatable bonds is 9. The van der Waals surface area contributed by atoms with Gasteiger partial charge in [-0.15, -0.1) is 0 Å². The average molecular weight is 410 g/mol. The van der Waals surface area contributed by atoms with Crippen LogP contribution in [-0.2, 0) is 11.3 Å². The average Bonchev–Trinajstić information content (AvgIpc) is 3.22. The third-order valence-corrected chi connectivity index (χ3v) is 5.54. The zero-order valence-corrected chi connectivity index (χ0v) is 17.8. The first kappa shape index (κ1) is 21.8. The maximum Gasteiger partial charge on any atom is 0.257 e. The summed E-state index contributed by atoms with van der Waals surface area (Å²) in [5.74, 6) is 0.389. The van der Waals surface area contributed by atoms with Gasteiger partial charge in [-0.3, -0.25) is 14.5 Å². The number of nitrogens with one attached hydrogen (secondary N) is 1. The second-order valence-corrected chi connectivity index (χ2v) is 7.63. The van der Waals surface area contributed by atoms with Gasteiger partial charge in [0, 0.05) is 31.5 Å². The van der Waals surface area contributed by atoms with Crippen LogP contribution >= 0.6 is 0 Å². The van der Waals surface area contributed by atoms with E-state index >= 15 is 0 Å². The van der Waals surface area contributed by atoms with Crippen LogP contribution in [0.5, 0.6) is 0 Å². The Balaban J connectivity index is 1.71. The summed E-state index contributed by atoms with van der Waals surface area (Å²) in [7, 11) is 0. The number of amides is 2. The number of nitrogens with zero attached hydrogens (tertiary/aromatic N) is 3. The fourth-order valence-corrected chi connectivity index (χ4v) is 3.94. The van der Waals surface area contributed by atoms with E-state index in [2.05, 4.69) is 33.9 Å². The van der Waals surface area contributed by atoms with E-state index in [1.54, 1.807) is 6.20 Å². The van der Waals surface area contributed by atoms with Crippen LogP contribution in [0.4, 0.5) is 11.5 Å². The van der Waals surface area contributed by atoms with E-state index in [0.717, 1.165) is 56.0 Å².